The number of rotatable bonds is 2. The van der Waals surface area contributed by atoms with E-state index < -0.39 is 0 Å². The van der Waals surface area contributed by atoms with E-state index in [1.165, 1.54) is 0 Å². The molecule has 0 aliphatic carbocycles. The van der Waals surface area contributed by atoms with Crippen molar-refractivity contribution in [2.75, 3.05) is 13.1 Å². The molecule has 1 saturated heterocycles. The molecule has 0 saturated carbocycles. The molecule has 1 fully saturated rings. The molecule has 0 spiro atoms. The fourth-order valence-corrected chi connectivity index (χ4v) is 2.09. The van der Waals surface area contributed by atoms with Gasteiger partial charge in [-0.1, -0.05) is 0 Å². The molecule has 4 nitrogen and oxygen atoms in total. The van der Waals surface area contributed by atoms with E-state index in [1.807, 2.05) is 19.9 Å². The second-order valence-electron chi connectivity index (χ2n) is 4.39. The van der Waals surface area contributed by atoms with E-state index in [1.54, 1.807) is 0 Å². The molecule has 1 aliphatic rings. The van der Waals surface area contributed by atoms with Crippen LogP contribution in [0.25, 0.3) is 0 Å². The molecule has 1 aliphatic heterocycles. The summed E-state index contributed by atoms with van der Waals surface area (Å²) in [5.41, 5.74) is 0.902. The number of piperidine rings is 1. The van der Waals surface area contributed by atoms with E-state index in [9.17, 15) is 4.79 Å². The topological polar surface area (TPSA) is 54.3 Å². The van der Waals surface area contributed by atoms with Crippen molar-refractivity contribution in [1.29, 1.82) is 0 Å². The van der Waals surface area contributed by atoms with Gasteiger partial charge in [0.25, 0.3) is 5.91 Å². The maximum Gasteiger partial charge on any atom is 0.287 e. The Morgan fingerprint density at radius 2 is 2.38 bits per heavy atom. The minimum absolute atomic E-state index is 0.0979. The van der Waals surface area contributed by atoms with Gasteiger partial charge in [-0.15, -0.1) is 0 Å². The third-order valence-corrected chi connectivity index (χ3v) is 2.88. The molecule has 2 heterocycles. The van der Waals surface area contributed by atoms with E-state index in [-0.39, 0.29) is 11.9 Å². The van der Waals surface area contributed by atoms with Crippen LogP contribution in [0.15, 0.2) is 10.5 Å². The minimum atomic E-state index is -0.0979. The summed E-state index contributed by atoms with van der Waals surface area (Å²) in [6, 6.07) is 2.11. The van der Waals surface area contributed by atoms with Crippen LogP contribution >= 0.6 is 0 Å². The predicted molar refractivity (Wildman–Crippen MR) is 61.5 cm³/mol. The van der Waals surface area contributed by atoms with Gasteiger partial charge in [0.05, 0.1) is 0 Å². The molecule has 0 aromatic carbocycles. The molecule has 0 bridgehead atoms. The first-order valence-electron chi connectivity index (χ1n) is 5.75. The van der Waals surface area contributed by atoms with E-state index in [0.717, 1.165) is 37.3 Å². The highest BCUT2D eigenvalue weighted by Crippen LogP contribution is 2.14. The van der Waals surface area contributed by atoms with Crippen molar-refractivity contribution < 1.29 is 9.21 Å². The van der Waals surface area contributed by atoms with Gasteiger partial charge < -0.3 is 15.1 Å². The monoisotopic (exact) mass is 222 g/mol. The molecule has 1 unspecified atom stereocenters. The fraction of sp³-hybridized carbons (Fsp3) is 0.583. The Hall–Kier alpha value is -1.29. The lowest BCUT2D eigenvalue weighted by Gasteiger charge is -2.23. The molecule has 4 heteroatoms. The Labute approximate surface area is 95.4 Å². The zero-order valence-corrected chi connectivity index (χ0v) is 9.80. The largest absolute Gasteiger partial charge is 0.456 e. The maximum atomic E-state index is 11.9. The van der Waals surface area contributed by atoms with Crippen LogP contribution in [0.4, 0.5) is 0 Å². The zero-order chi connectivity index (χ0) is 11.5. The summed E-state index contributed by atoms with van der Waals surface area (Å²) in [7, 11) is 0. The second-order valence-corrected chi connectivity index (χ2v) is 4.39. The van der Waals surface area contributed by atoms with E-state index in [2.05, 4.69) is 10.6 Å². The number of hydrogen-bond donors (Lipinski definition) is 2. The second kappa shape index (κ2) is 4.70. The average Bonchev–Trinajstić information content (AvgIpc) is 2.59. The van der Waals surface area contributed by atoms with Gasteiger partial charge in [0, 0.05) is 18.2 Å². The molecule has 16 heavy (non-hydrogen) atoms. The Bertz CT molecular complexity index is 378. The maximum absolute atomic E-state index is 11.9. The van der Waals surface area contributed by atoms with Crippen molar-refractivity contribution in [1.82, 2.24) is 10.6 Å². The van der Waals surface area contributed by atoms with Gasteiger partial charge >= 0.3 is 0 Å². The van der Waals surface area contributed by atoms with Crippen molar-refractivity contribution in [2.24, 2.45) is 0 Å². The summed E-state index contributed by atoms with van der Waals surface area (Å²) >= 11 is 0. The fourth-order valence-electron chi connectivity index (χ4n) is 2.09. The number of amides is 1. The van der Waals surface area contributed by atoms with Crippen LogP contribution in [-0.2, 0) is 0 Å². The standard InChI is InChI=1S/C12H18N2O2/c1-8-6-9(2)16-11(8)12(15)14-10-4-3-5-13-7-10/h6,10,13H,3-5,7H2,1-2H3,(H,14,15). The third kappa shape index (κ3) is 2.44. The Balaban J connectivity index is 1.99. The van der Waals surface area contributed by atoms with Gasteiger partial charge in [0.15, 0.2) is 5.76 Å². The Kier molecular flexibility index (Phi) is 3.29. The summed E-state index contributed by atoms with van der Waals surface area (Å²) in [6.45, 7) is 5.65. The lowest BCUT2D eigenvalue weighted by Crippen LogP contribution is -2.45. The molecule has 2 N–H and O–H groups in total. The van der Waals surface area contributed by atoms with Crippen LogP contribution in [0.2, 0.25) is 0 Å². The Morgan fingerprint density at radius 3 is 2.94 bits per heavy atom. The number of furan rings is 1. The third-order valence-electron chi connectivity index (χ3n) is 2.88. The van der Waals surface area contributed by atoms with Gasteiger partial charge in [0.1, 0.15) is 5.76 Å². The van der Waals surface area contributed by atoms with E-state index in [4.69, 9.17) is 4.42 Å². The van der Waals surface area contributed by atoms with Crippen LogP contribution in [0.1, 0.15) is 34.7 Å². The Morgan fingerprint density at radius 1 is 1.56 bits per heavy atom. The van der Waals surface area contributed by atoms with Crippen molar-refractivity contribution in [3.63, 3.8) is 0 Å². The number of aryl methyl sites for hydroxylation is 2. The van der Waals surface area contributed by atoms with Gasteiger partial charge in [-0.05, 0) is 39.3 Å². The highest BCUT2D eigenvalue weighted by atomic mass is 16.3. The molecule has 1 atom stereocenters. The molecule has 0 radical (unpaired) electrons. The van der Waals surface area contributed by atoms with Crippen LogP contribution in [0.3, 0.4) is 0 Å². The van der Waals surface area contributed by atoms with Gasteiger partial charge in [-0.2, -0.15) is 0 Å². The first kappa shape index (κ1) is 11.2. The summed E-state index contributed by atoms with van der Waals surface area (Å²) in [4.78, 5) is 11.9. The number of carbonyl (C=O) groups excluding carboxylic acids is 1. The molecular formula is C12H18N2O2. The highest BCUT2D eigenvalue weighted by molar-refractivity contribution is 5.93. The van der Waals surface area contributed by atoms with Crippen LogP contribution in [-0.4, -0.2) is 25.0 Å². The van der Waals surface area contributed by atoms with Crippen molar-refractivity contribution >= 4 is 5.91 Å². The lowest BCUT2D eigenvalue weighted by atomic mass is 10.1. The van der Waals surface area contributed by atoms with Crippen molar-refractivity contribution in [3.05, 3.63) is 23.2 Å². The zero-order valence-electron chi connectivity index (χ0n) is 9.80. The normalized spacial score (nSPS) is 20.8. The first-order valence-corrected chi connectivity index (χ1v) is 5.75. The van der Waals surface area contributed by atoms with Crippen LogP contribution < -0.4 is 10.6 Å². The lowest BCUT2D eigenvalue weighted by molar-refractivity contribution is 0.0900. The van der Waals surface area contributed by atoms with Gasteiger partial charge in [0.2, 0.25) is 0 Å². The van der Waals surface area contributed by atoms with E-state index >= 15 is 0 Å². The van der Waals surface area contributed by atoms with Crippen molar-refractivity contribution in [3.8, 4) is 0 Å². The summed E-state index contributed by atoms with van der Waals surface area (Å²) in [5.74, 6) is 1.13. The van der Waals surface area contributed by atoms with Gasteiger partial charge in [-0.25, -0.2) is 0 Å². The summed E-state index contributed by atoms with van der Waals surface area (Å²) in [5, 5.41) is 6.26. The molecule has 1 amide bonds. The average molecular weight is 222 g/mol. The minimum Gasteiger partial charge on any atom is -0.456 e. The van der Waals surface area contributed by atoms with Crippen molar-refractivity contribution in [2.45, 2.75) is 32.7 Å². The quantitative estimate of drug-likeness (QED) is 0.794. The number of carbonyl (C=O) groups is 1. The van der Waals surface area contributed by atoms with Gasteiger partial charge in [-0.3, -0.25) is 4.79 Å². The van der Waals surface area contributed by atoms with Crippen LogP contribution in [0.5, 0.6) is 0 Å². The van der Waals surface area contributed by atoms with E-state index in [0.29, 0.717) is 5.76 Å². The molecule has 2 rings (SSSR count). The molecule has 88 valence electrons. The molecule has 1 aromatic rings. The number of hydrogen-bond acceptors (Lipinski definition) is 3. The summed E-state index contributed by atoms with van der Waals surface area (Å²) < 4.78 is 5.39. The molecule has 1 aromatic heterocycles. The predicted octanol–water partition coefficient (Wildman–Crippen LogP) is 1.38. The first-order chi connectivity index (χ1) is 7.66. The smallest absolute Gasteiger partial charge is 0.287 e. The summed E-state index contributed by atoms with van der Waals surface area (Å²) in [6.07, 6.45) is 2.15. The van der Waals surface area contributed by atoms with Crippen LogP contribution in [0, 0.1) is 13.8 Å². The molecular weight excluding hydrogens is 204 g/mol. The number of nitrogens with one attached hydrogen (secondary N) is 2. The highest BCUT2D eigenvalue weighted by Gasteiger charge is 2.19. The SMILES string of the molecule is Cc1cc(C)c(C(=O)NC2CCCNC2)o1.